The van der Waals surface area contributed by atoms with E-state index in [1.807, 2.05) is 30.3 Å². The van der Waals surface area contributed by atoms with Crippen LogP contribution in [0.25, 0.3) is 0 Å². The van der Waals surface area contributed by atoms with Crippen LogP contribution < -0.4 is 20.4 Å². The largest absolute Gasteiger partial charge is 0.365 e. The number of carbonyl (C=O) groups excluding carboxylic acids is 1. The lowest BCUT2D eigenvalue weighted by Crippen LogP contribution is -2.51. The fourth-order valence-electron chi connectivity index (χ4n) is 3.48. The number of para-hydroxylation sites is 1. The average molecular weight is 391 g/mol. The van der Waals surface area contributed by atoms with E-state index in [0.717, 1.165) is 43.7 Å². The van der Waals surface area contributed by atoms with E-state index in [0.29, 0.717) is 24.1 Å². The monoisotopic (exact) mass is 391 g/mol. The van der Waals surface area contributed by atoms with Crippen molar-refractivity contribution in [1.29, 1.82) is 5.26 Å². The highest BCUT2D eigenvalue weighted by Crippen LogP contribution is 2.27. The van der Waals surface area contributed by atoms with Gasteiger partial charge in [-0.15, -0.1) is 0 Å². The number of carbonyl (C=O) groups is 1. The summed E-state index contributed by atoms with van der Waals surface area (Å²) in [5, 5.41) is 15.7. The van der Waals surface area contributed by atoms with E-state index >= 15 is 0 Å². The first-order valence-electron chi connectivity index (χ1n) is 10.0. The third-order valence-corrected chi connectivity index (χ3v) is 5.30. The van der Waals surface area contributed by atoms with Gasteiger partial charge in [-0.25, -0.2) is 14.8 Å². The van der Waals surface area contributed by atoms with Crippen molar-refractivity contribution >= 4 is 23.4 Å². The zero-order valence-electron chi connectivity index (χ0n) is 16.5. The van der Waals surface area contributed by atoms with Gasteiger partial charge in [-0.2, -0.15) is 5.26 Å². The van der Waals surface area contributed by atoms with Crippen LogP contribution in [0.2, 0.25) is 0 Å². The molecule has 2 fully saturated rings. The molecule has 8 heteroatoms. The average Bonchev–Trinajstić information content (AvgIpc) is 3.58. The molecule has 2 aliphatic rings. The summed E-state index contributed by atoms with van der Waals surface area (Å²) in [6.07, 6.45) is 5.72. The molecular weight excluding hydrogens is 366 g/mol. The molecule has 29 heavy (non-hydrogen) atoms. The topological polar surface area (TPSA) is 97.2 Å². The van der Waals surface area contributed by atoms with Crippen LogP contribution >= 0.6 is 0 Å². The maximum atomic E-state index is 12.6. The second-order valence-electron chi connectivity index (χ2n) is 7.59. The second-order valence-corrected chi connectivity index (χ2v) is 7.59. The molecule has 1 saturated carbocycles. The van der Waals surface area contributed by atoms with Gasteiger partial charge in [-0.3, -0.25) is 4.90 Å². The maximum Gasteiger partial charge on any atom is 0.321 e. The fourth-order valence-corrected chi connectivity index (χ4v) is 3.48. The first-order valence-corrected chi connectivity index (χ1v) is 10.0. The normalized spacial score (nSPS) is 18.6. The number of anilines is 3. The molecular formula is C21H25N7O. The van der Waals surface area contributed by atoms with Crippen molar-refractivity contribution in [2.75, 3.05) is 35.3 Å². The number of hydrogen-bond donors (Lipinski definition) is 2. The molecule has 1 aromatic carbocycles. The summed E-state index contributed by atoms with van der Waals surface area (Å²) >= 11 is 0. The number of rotatable bonds is 5. The number of urea groups is 1. The van der Waals surface area contributed by atoms with Crippen molar-refractivity contribution in [2.45, 2.75) is 37.8 Å². The van der Waals surface area contributed by atoms with E-state index in [-0.39, 0.29) is 12.1 Å². The quantitative estimate of drug-likeness (QED) is 0.813. The zero-order valence-corrected chi connectivity index (χ0v) is 16.5. The first kappa shape index (κ1) is 19.0. The Morgan fingerprint density at radius 2 is 2.03 bits per heavy atom. The minimum Gasteiger partial charge on any atom is -0.365 e. The number of benzene rings is 1. The van der Waals surface area contributed by atoms with Crippen LogP contribution in [-0.4, -0.2) is 48.2 Å². The van der Waals surface area contributed by atoms with Gasteiger partial charge in [0.25, 0.3) is 0 Å². The van der Waals surface area contributed by atoms with Crippen molar-refractivity contribution < 1.29 is 4.79 Å². The van der Waals surface area contributed by atoms with Crippen molar-refractivity contribution in [3.05, 3.63) is 42.2 Å². The van der Waals surface area contributed by atoms with Crippen LogP contribution in [0.15, 0.2) is 36.5 Å². The van der Waals surface area contributed by atoms with Crippen molar-refractivity contribution in [2.24, 2.45) is 0 Å². The van der Waals surface area contributed by atoms with Crippen LogP contribution in [0.4, 0.5) is 22.1 Å². The standard InChI is InChI=1S/C21H25N7O/c1-27(17-7-3-2-4-8-17)21(29)25-16-6-5-11-28(14-16)19-13-23-18(12-22)20(26-19)24-15-9-10-15/h2-4,7-8,13,15-16H,5-6,9-11,14H2,1H3,(H,24,26)(H,25,29). The number of amides is 2. The fraction of sp³-hybridized carbons (Fsp3) is 0.429. The lowest BCUT2D eigenvalue weighted by atomic mass is 10.1. The summed E-state index contributed by atoms with van der Waals surface area (Å²) in [6, 6.07) is 12.0. The van der Waals surface area contributed by atoms with E-state index in [4.69, 9.17) is 0 Å². The number of nitrogens with zero attached hydrogens (tertiary/aromatic N) is 5. The van der Waals surface area contributed by atoms with Crippen molar-refractivity contribution in [3.63, 3.8) is 0 Å². The highest BCUT2D eigenvalue weighted by Gasteiger charge is 2.26. The number of hydrogen-bond acceptors (Lipinski definition) is 6. The van der Waals surface area contributed by atoms with Gasteiger partial charge in [-0.05, 0) is 37.8 Å². The summed E-state index contributed by atoms with van der Waals surface area (Å²) in [6.45, 7) is 1.52. The van der Waals surface area contributed by atoms with Gasteiger partial charge >= 0.3 is 6.03 Å². The molecule has 1 aliphatic carbocycles. The zero-order chi connectivity index (χ0) is 20.2. The molecule has 1 atom stereocenters. The van der Waals surface area contributed by atoms with E-state index in [9.17, 15) is 10.1 Å². The molecule has 4 rings (SSSR count). The van der Waals surface area contributed by atoms with Gasteiger partial charge in [0.2, 0.25) is 0 Å². The maximum absolute atomic E-state index is 12.6. The highest BCUT2D eigenvalue weighted by atomic mass is 16.2. The molecule has 2 aromatic rings. The molecule has 8 nitrogen and oxygen atoms in total. The SMILES string of the molecule is CN(C(=O)NC1CCCN(c2cnc(C#N)c(NC3CC3)n2)C1)c1ccccc1. The Labute approximate surface area is 170 Å². The predicted octanol–water partition coefficient (Wildman–Crippen LogP) is 2.74. The number of piperidine rings is 1. The van der Waals surface area contributed by atoms with Gasteiger partial charge in [0.15, 0.2) is 11.5 Å². The van der Waals surface area contributed by atoms with Crippen molar-refractivity contribution in [1.82, 2.24) is 15.3 Å². The summed E-state index contributed by atoms with van der Waals surface area (Å²) < 4.78 is 0. The Balaban J connectivity index is 1.42. The van der Waals surface area contributed by atoms with Crippen LogP contribution in [0.5, 0.6) is 0 Å². The molecule has 2 heterocycles. The van der Waals surface area contributed by atoms with E-state index in [1.54, 1.807) is 18.1 Å². The van der Waals surface area contributed by atoms with Crippen LogP contribution in [0, 0.1) is 11.3 Å². The van der Waals surface area contributed by atoms with E-state index in [1.165, 1.54) is 0 Å². The third kappa shape index (κ3) is 4.57. The Hall–Kier alpha value is -3.34. The molecule has 150 valence electrons. The lowest BCUT2D eigenvalue weighted by molar-refractivity contribution is 0.242. The third-order valence-electron chi connectivity index (χ3n) is 5.30. The molecule has 0 radical (unpaired) electrons. The number of nitriles is 1. The van der Waals surface area contributed by atoms with Crippen LogP contribution in [-0.2, 0) is 0 Å². The highest BCUT2D eigenvalue weighted by molar-refractivity contribution is 5.91. The van der Waals surface area contributed by atoms with E-state index in [2.05, 4.69) is 31.6 Å². The van der Waals surface area contributed by atoms with Gasteiger partial charge in [0.1, 0.15) is 11.9 Å². The van der Waals surface area contributed by atoms with Crippen LogP contribution in [0.3, 0.4) is 0 Å². The molecule has 1 unspecified atom stereocenters. The number of nitrogens with one attached hydrogen (secondary N) is 2. The molecule has 1 saturated heterocycles. The van der Waals surface area contributed by atoms with Gasteiger partial charge in [0.05, 0.1) is 6.20 Å². The van der Waals surface area contributed by atoms with Gasteiger partial charge in [0, 0.05) is 37.9 Å². The number of aromatic nitrogens is 2. The molecule has 1 aliphatic heterocycles. The Morgan fingerprint density at radius 3 is 2.76 bits per heavy atom. The van der Waals surface area contributed by atoms with E-state index < -0.39 is 0 Å². The summed E-state index contributed by atoms with van der Waals surface area (Å²) in [5.41, 5.74) is 1.18. The molecule has 0 spiro atoms. The molecule has 2 amide bonds. The Kier molecular flexibility index (Phi) is 5.47. The predicted molar refractivity (Wildman–Crippen MR) is 112 cm³/mol. The first-order chi connectivity index (χ1) is 14.1. The minimum absolute atomic E-state index is 0.0275. The summed E-state index contributed by atoms with van der Waals surface area (Å²) in [7, 11) is 1.77. The molecule has 0 bridgehead atoms. The van der Waals surface area contributed by atoms with Gasteiger partial charge in [-0.1, -0.05) is 18.2 Å². The summed E-state index contributed by atoms with van der Waals surface area (Å²) in [4.78, 5) is 25.3. The Morgan fingerprint density at radius 1 is 1.24 bits per heavy atom. The molecule has 1 aromatic heterocycles. The second kappa shape index (κ2) is 8.35. The van der Waals surface area contributed by atoms with Crippen molar-refractivity contribution in [3.8, 4) is 6.07 Å². The minimum atomic E-state index is -0.120. The van der Waals surface area contributed by atoms with Crippen LogP contribution in [0.1, 0.15) is 31.4 Å². The summed E-state index contributed by atoms with van der Waals surface area (Å²) in [5.74, 6) is 1.30. The Bertz CT molecular complexity index is 907. The molecule has 2 N–H and O–H groups in total. The van der Waals surface area contributed by atoms with Gasteiger partial charge < -0.3 is 15.5 Å². The lowest BCUT2D eigenvalue weighted by Gasteiger charge is -2.34. The smallest absolute Gasteiger partial charge is 0.321 e.